The van der Waals surface area contributed by atoms with Crippen LogP contribution in [0.3, 0.4) is 0 Å². The molecule has 0 saturated carbocycles. The summed E-state index contributed by atoms with van der Waals surface area (Å²) < 4.78 is 0. The molecule has 0 spiro atoms. The molecule has 6 heteroatoms. The molecule has 1 atom stereocenters. The summed E-state index contributed by atoms with van der Waals surface area (Å²) in [6.45, 7) is 5.43. The maximum atomic E-state index is 11.7. The van der Waals surface area contributed by atoms with Gasteiger partial charge in [0.15, 0.2) is 0 Å². The average molecular weight is 243 g/mol. The average Bonchev–Trinajstić information content (AvgIpc) is 2.44. The molecule has 0 aliphatic carbocycles. The van der Waals surface area contributed by atoms with E-state index in [1.807, 2.05) is 13.8 Å². The van der Waals surface area contributed by atoms with E-state index >= 15 is 0 Å². The van der Waals surface area contributed by atoms with Gasteiger partial charge in [-0.25, -0.2) is 4.98 Å². The summed E-state index contributed by atoms with van der Waals surface area (Å²) in [5, 5.41) is 3.59. The lowest BCUT2D eigenvalue weighted by atomic mass is 10.3. The number of rotatable bonds is 3. The van der Waals surface area contributed by atoms with E-state index in [2.05, 4.69) is 10.3 Å². The minimum Gasteiger partial charge on any atom is -0.392 e. The Labute approximate surface area is 97.9 Å². The molecule has 1 rings (SSSR count). The molecular weight excluding hydrogens is 230 g/mol. The van der Waals surface area contributed by atoms with Crippen molar-refractivity contribution in [2.45, 2.75) is 26.8 Å². The standard InChI is InChI=1S/C9H13N3OS2/c1-4-7(15-6(3)11-4)9(13)12-5(2)8(10)14/h5H,1-3H3,(H2,10,14)(H,12,13). The van der Waals surface area contributed by atoms with Gasteiger partial charge in [-0.3, -0.25) is 4.79 Å². The fourth-order valence-corrected chi connectivity index (χ4v) is 1.96. The minimum atomic E-state index is -0.297. The second kappa shape index (κ2) is 4.67. The van der Waals surface area contributed by atoms with E-state index in [9.17, 15) is 4.79 Å². The quantitative estimate of drug-likeness (QED) is 0.782. The molecule has 3 N–H and O–H groups in total. The van der Waals surface area contributed by atoms with Crippen molar-refractivity contribution in [1.29, 1.82) is 0 Å². The Bertz CT molecular complexity index is 400. The zero-order valence-electron chi connectivity index (χ0n) is 8.83. The van der Waals surface area contributed by atoms with Gasteiger partial charge >= 0.3 is 0 Å². The number of aryl methyl sites for hydroxylation is 2. The number of carbonyl (C=O) groups excluding carboxylic acids is 1. The van der Waals surface area contributed by atoms with E-state index < -0.39 is 0 Å². The molecule has 1 amide bonds. The Morgan fingerprint density at radius 2 is 2.20 bits per heavy atom. The summed E-state index contributed by atoms with van der Waals surface area (Å²) in [6, 6.07) is -0.297. The first kappa shape index (κ1) is 12.1. The molecule has 0 radical (unpaired) electrons. The summed E-state index contributed by atoms with van der Waals surface area (Å²) in [5.74, 6) is -0.168. The first-order valence-corrected chi connectivity index (χ1v) is 5.68. The molecule has 0 aromatic carbocycles. The van der Waals surface area contributed by atoms with E-state index in [4.69, 9.17) is 18.0 Å². The van der Waals surface area contributed by atoms with Gasteiger partial charge in [0.05, 0.1) is 21.7 Å². The monoisotopic (exact) mass is 243 g/mol. The summed E-state index contributed by atoms with van der Waals surface area (Å²) in [7, 11) is 0. The van der Waals surface area contributed by atoms with Crippen LogP contribution in [-0.4, -0.2) is 21.9 Å². The molecule has 15 heavy (non-hydrogen) atoms. The number of thiocarbonyl (C=S) groups is 1. The number of nitrogens with two attached hydrogens (primary N) is 1. The van der Waals surface area contributed by atoms with Crippen LogP contribution >= 0.6 is 23.6 Å². The van der Waals surface area contributed by atoms with E-state index in [-0.39, 0.29) is 16.9 Å². The lowest BCUT2D eigenvalue weighted by Crippen LogP contribution is -2.41. The molecule has 1 heterocycles. The van der Waals surface area contributed by atoms with Gasteiger partial charge in [-0.15, -0.1) is 11.3 Å². The summed E-state index contributed by atoms with van der Waals surface area (Å²) in [4.78, 5) is 16.8. The van der Waals surface area contributed by atoms with Crippen LogP contribution in [-0.2, 0) is 0 Å². The molecule has 0 aliphatic rings. The zero-order chi connectivity index (χ0) is 11.6. The number of aromatic nitrogens is 1. The van der Waals surface area contributed by atoms with E-state index in [0.717, 1.165) is 10.7 Å². The van der Waals surface area contributed by atoms with Crippen LogP contribution in [0.2, 0.25) is 0 Å². The van der Waals surface area contributed by atoms with Crippen LogP contribution in [0, 0.1) is 13.8 Å². The van der Waals surface area contributed by atoms with Crippen molar-refractivity contribution >= 4 is 34.5 Å². The second-order valence-corrected chi connectivity index (χ2v) is 4.92. The van der Waals surface area contributed by atoms with Crippen molar-refractivity contribution < 1.29 is 4.79 Å². The third kappa shape index (κ3) is 2.97. The molecule has 82 valence electrons. The molecular formula is C9H13N3OS2. The number of amides is 1. The van der Waals surface area contributed by atoms with E-state index in [1.165, 1.54) is 11.3 Å². The van der Waals surface area contributed by atoms with E-state index in [1.54, 1.807) is 6.92 Å². The molecule has 0 saturated heterocycles. The van der Waals surface area contributed by atoms with Gasteiger partial charge in [0.2, 0.25) is 0 Å². The van der Waals surface area contributed by atoms with E-state index in [0.29, 0.717) is 4.88 Å². The summed E-state index contributed by atoms with van der Waals surface area (Å²) in [5.41, 5.74) is 6.15. The van der Waals surface area contributed by atoms with Crippen molar-refractivity contribution in [3.8, 4) is 0 Å². The third-order valence-corrected chi connectivity index (χ3v) is 3.31. The molecule has 1 aromatic rings. The highest BCUT2D eigenvalue weighted by Gasteiger charge is 2.16. The SMILES string of the molecule is Cc1nc(C)c(C(=O)NC(C)C(N)=S)s1. The van der Waals surface area contributed by atoms with Crippen molar-refractivity contribution in [1.82, 2.24) is 10.3 Å². The van der Waals surface area contributed by atoms with Gasteiger partial charge in [0.1, 0.15) is 4.88 Å². The lowest BCUT2D eigenvalue weighted by Gasteiger charge is -2.10. The zero-order valence-corrected chi connectivity index (χ0v) is 10.5. The first-order chi connectivity index (χ1) is 6.91. The van der Waals surface area contributed by atoms with Gasteiger partial charge < -0.3 is 11.1 Å². The number of nitrogens with zero attached hydrogens (tertiary/aromatic N) is 1. The Hall–Kier alpha value is -1.01. The predicted octanol–water partition coefficient (Wildman–Crippen LogP) is 1.16. The van der Waals surface area contributed by atoms with Gasteiger partial charge in [-0.2, -0.15) is 0 Å². The second-order valence-electron chi connectivity index (χ2n) is 3.24. The maximum Gasteiger partial charge on any atom is 0.263 e. The van der Waals surface area contributed by atoms with Gasteiger partial charge in [-0.1, -0.05) is 12.2 Å². The highest BCUT2D eigenvalue weighted by molar-refractivity contribution is 7.80. The maximum absolute atomic E-state index is 11.7. The Balaban J connectivity index is 2.77. The summed E-state index contributed by atoms with van der Waals surface area (Å²) >= 11 is 6.14. The number of thiazole rings is 1. The molecule has 0 bridgehead atoms. The minimum absolute atomic E-state index is 0.168. The highest BCUT2D eigenvalue weighted by Crippen LogP contribution is 2.16. The van der Waals surface area contributed by atoms with Crippen molar-refractivity contribution in [2.24, 2.45) is 5.73 Å². The van der Waals surface area contributed by atoms with Crippen molar-refractivity contribution in [2.75, 3.05) is 0 Å². The van der Waals surface area contributed by atoms with Crippen molar-refractivity contribution in [3.63, 3.8) is 0 Å². The van der Waals surface area contributed by atoms with Gasteiger partial charge in [0.25, 0.3) is 5.91 Å². The topological polar surface area (TPSA) is 68.0 Å². The number of nitrogens with one attached hydrogen (secondary N) is 1. The van der Waals surface area contributed by atoms with Crippen molar-refractivity contribution in [3.05, 3.63) is 15.6 Å². The number of carbonyl (C=O) groups is 1. The van der Waals surface area contributed by atoms with Crippen LogP contribution < -0.4 is 11.1 Å². The highest BCUT2D eigenvalue weighted by atomic mass is 32.1. The normalized spacial score (nSPS) is 12.2. The Morgan fingerprint density at radius 1 is 1.60 bits per heavy atom. The summed E-state index contributed by atoms with van der Waals surface area (Å²) in [6.07, 6.45) is 0. The first-order valence-electron chi connectivity index (χ1n) is 4.46. The van der Waals surface area contributed by atoms with Gasteiger partial charge in [-0.05, 0) is 20.8 Å². The lowest BCUT2D eigenvalue weighted by molar-refractivity contribution is 0.0952. The molecule has 0 aliphatic heterocycles. The Morgan fingerprint density at radius 3 is 2.60 bits per heavy atom. The third-order valence-electron chi connectivity index (χ3n) is 1.88. The van der Waals surface area contributed by atoms with Crippen LogP contribution in [0.4, 0.5) is 0 Å². The molecule has 1 unspecified atom stereocenters. The van der Waals surface area contributed by atoms with Gasteiger partial charge in [0, 0.05) is 0 Å². The fourth-order valence-electron chi connectivity index (χ4n) is 1.08. The predicted molar refractivity (Wildman–Crippen MR) is 65.3 cm³/mol. The molecule has 4 nitrogen and oxygen atoms in total. The smallest absolute Gasteiger partial charge is 0.263 e. The number of hydrogen-bond acceptors (Lipinski definition) is 4. The van der Waals surface area contributed by atoms with Crippen LogP contribution in [0.5, 0.6) is 0 Å². The number of hydrogen-bond donors (Lipinski definition) is 2. The largest absolute Gasteiger partial charge is 0.392 e. The molecule has 1 aromatic heterocycles. The van der Waals surface area contributed by atoms with Crippen LogP contribution in [0.15, 0.2) is 0 Å². The van der Waals surface area contributed by atoms with Crippen LogP contribution in [0.1, 0.15) is 27.3 Å². The molecule has 0 fully saturated rings. The Kier molecular flexibility index (Phi) is 3.76. The van der Waals surface area contributed by atoms with Crippen LogP contribution in [0.25, 0.3) is 0 Å². The fraction of sp³-hybridized carbons (Fsp3) is 0.444.